The third-order valence-corrected chi connectivity index (χ3v) is 4.80. The van der Waals surface area contributed by atoms with Gasteiger partial charge in [0.15, 0.2) is 5.11 Å². The Hall–Kier alpha value is -2.40. The molecule has 2 aromatic carbocycles. The first-order valence-electron chi connectivity index (χ1n) is 9.14. The van der Waals surface area contributed by atoms with E-state index in [9.17, 15) is 4.79 Å². The molecule has 26 heavy (non-hydrogen) atoms. The summed E-state index contributed by atoms with van der Waals surface area (Å²) < 4.78 is 0. The van der Waals surface area contributed by atoms with E-state index in [0.29, 0.717) is 11.5 Å². The van der Waals surface area contributed by atoms with Crippen molar-refractivity contribution in [3.8, 4) is 0 Å². The highest BCUT2D eigenvalue weighted by Crippen LogP contribution is 2.24. The molecule has 5 heteroatoms. The van der Waals surface area contributed by atoms with Gasteiger partial charge >= 0.3 is 0 Å². The van der Waals surface area contributed by atoms with Crippen LogP contribution >= 0.6 is 12.2 Å². The van der Waals surface area contributed by atoms with Crippen LogP contribution in [0.1, 0.15) is 31.7 Å². The molecule has 0 radical (unpaired) electrons. The second kappa shape index (κ2) is 8.81. The topological polar surface area (TPSA) is 44.4 Å². The maximum absolute atomic E-state index is 11.9. The lowest BCUT2D eigenvalue weighted by atomic mass is 10.1. The van der Waals surface area contributed by atoms with Crippen LogP contribution in [0, 0.1) is 0 Å². The molecule has 3 rings (SSSR count). The van der Waals surface area contributed by atoms with Crippen molar-refractivity contribution in [1.29, 1.82) is 0 Å². The van der Waals surface area contributed by atoms with Gasteiger partial charge in [0.05, 0.1) is 0 Å². The Morgan fingerprint density at radius 1 is 1.19 bits per heavy atom. The van der Waals surface area contributed by atoms with Crippen LogP contribution in [0.15, 0.2) is 54.6 Å². The molecule has 1 amide bonds. The van der Waals surface area contributed by atoms with Gasteiger partial charge in [-0.1, -0.05) is 36.4 Å². The maximum Gasteiger partial charge on any atom is 0.227 e. The van der Waals surface area contributed by atoms with Crippen molar-refractivity contribution in [3.63, 3.8) is 0 Å². The highest BCUT2D eigenvalue weighted by Gasteiger charge is 2.21. The van der Waals surface area contributed by atoms with Crippen molar-refractivity contribution in [3.05, 3.63) is 60.2 Å². The summed E-state index contributed by atoms with van der Waals surface area (Å²) in [6.45, 7) is 2.93. The maximum atomic E-state index is 11.9. The quantitative estimate of drug-likeness (QED) is 0.754. The number of nitrogens with one attached hydrogen (secondary N) is 2. The molecule has 1 heterocycles. The Labute approximate surface area is 160 Å². The minimum atomic E-state index is 0.192. The number of hydrogen-bond acceptors (Lipinski definition) is 2. The zero-order chi connectivity index (χ0) is 18.4. The van der Waals surface area contributed by atoms with Gasteiger partial charge in [-0.3, -0.25) is 4.79 Å². The van der Waals surface area contributed by atoms with E-state index in [-0.39, 0.29) is 11.9 Å². The van der Waals surface area contributed by atoms with E-state index >= 15 is 0 Å². The first-order chi connectivity index (χ1) is 12.6. The monoisotopic (exact) mass is 367 g/mol. The summed E-state index contributed by atoms with van der Waals surface area (Å²) in [5.74, 6) is 0.192. The average Bonchev–Trinajstić information content (AvgIpc) is 3.07. The number of anilines is 2. The largest absolute Gasteiger partial charge is 0.360 e. The Kier molecular flexibility index (Phi) is 6.23. The molecular formula is C21H25N3OS. The van der Waals surface area contributed by atoms with Gasteiger partial charge in [0.2, 0.25) is 5.91 Å². The first-order valence-corrected chi connectivity index (χ1v) is 9.54. The molecule has 1 aliphatic rings. The van der Waals surface area contributed by atoms with Crippen LogP contribution in [-0.2, 0) is 11.2 Å². The molecule has 1 fully saturated rings. The standard InChI is InChI=1S/C21H25N3OS/c1-16(12-13-17-7-3-2-4-8-17)22-21(26)23-18-9-5-10-19(15-18)24-14-6-11-20(24)25/h2-5,7-10,15-16H,6,11-14H2,1H3,(H2,22,23,26)/t16-/m0/s1. The summed E-state index contributed by atoms with van der Waals surface area (Å²) in [6, 6.07) is 18.6. The van der Waals surface area contributed by atoms with E-state index in [1.165, 1.54) is 5.56 Å². The predicted octanol–water partition coefficient (Wildman–Crippen LogP) is 4.12. The van der Waals surface area contributed by atoms with Gasteiger partial charge in [0, 0.05) is 30.4 Å². The van der Waals surface area contributed by atoms with E-state index in [1.54, 1.807) is 0 Å². The van der Waals surface area contributed by atoms with Crippen molar-refractivity contribution in [2.45, 2.75) is 38.6 Å². The van der Waals surface area contributed by atoms with Crippen LogP contribution in [0.3, 0.4) is 0 Å². The highest BCUT2D eigenvalue weighted by molar-refractivity contribution is 7.80. The lowest BCUT2D eigenvalue weighted by molar-refractivity contribution is -0.117. The Balaban J connectivity index is 1.50. The molecule has 2 N–H and O–H groups in total. The molecule has 4 nitrogen and oxygen atoms in total. The van der Waals surface area contributed by atoms with E-state index < -0.39 is 0 Å². The van der Waals surface area contributed by atoms with E-state index in [1.807, 2.05) is 35.2 Å². The molecule has 0 aromatic heterocycles. The summed E-state index contributed by atoms with van der Waals surface area (Å²) in [5.41, 5.74) is 3.16. The van der Waals surface area contributed by atoms with Crippen LogP contribution in [0.25, 0.3) is 0 Å². The summed E-state index contributed by atoms with van der Waals surface area (Å²) in [4.78, 5) is 13.7. The number of amides is 1. The van der Waals surface area contributed by atoms with Gasteiger partial charge < -0.3 is 15.5 Å². The fourth-order valence-corrected chi connectivity index (χ4v) is 3.48. The molecule has 0 spiro atoms. The number of carbonyl (C=O) groups excluding carboxylic acids is 1. The molecule has 136 valence electrons. The van der Waals surface area contributed by atoms with Crippen molar-refractivity contribution in [1.82, 2.24) is 5.32 Å². The predicted molar refractivity (Wildman–Crippen MR) is 112 cm³/mol. The fourth-order valence-electron chi connectivity index (χ4n) is 3.16. The van der Waals surface area contributed by atoms with Crippen molar-refractivity contribution >= 4 is 34.6 Å². The third-order valence-electron chi connectivity index (χ3n) is 4.58. The van der Waals surface area contributed by atoms with E-state index in [2.05, 4.69) is 41.8 Å². The van der Waals surface area contributed by atoms with Gasteiger partial charge in [-0.15, -0.1) is 0 Å². The van der Waals surface area contributed by atoms with E-state index in [0.717, 1.165) is 37.2 Å². The van der Waals surface area contributed by atoms with Gasteiger partial charge in [0.1, 0.15) is 0 Å². The van der Waals surface area contributed by atoms with Crippen LogP contribution in [0.5, 0.6) is 0 Å². The number of thiocarbonyl (C=S) groups is 1. The molecule has 0 bridgehead atoms. The normalized spacial score (nSPS) is 15.0. The summed E-state index contributed by atoms with van der Waals surface area (Å²) in [5, 5.41) is 7.18. The molecule has 1 atom stereocenters. The summed E-state index contributed by atoms with van der Waals surface area (Å²) >= 11 is 5.44. The second-order valence-electron chi connectivity index (χ2n) is 6.72. The van der Waals surface area contributed by atoms with Crippen LogP contribution in [0.2, 0.25) is 0 Å². The molecule has 0 saturated carbocycles. The smallest absolute Gasteiger partial charge is 0.227 e. The minimum Gasteiger partial charge on any atom is -0.360 e. The lowest BCUT2D eigenvalue weighted by Gasteiger charge is -2.19. The Morgan fingerprint density at radius 2 is 2.00 bits per heavy atom. The average molecular weight is 368 g/mol. The number of hydrogen-bond donors (Lipinski definition) is 2. The zero-order valence-corrected chi connectivity index (χ0v) is 15.9. The number of nitrogens with zero attached hydrogens (tertiary/aromatic N) is 1. The van der Waals surface area contributed by atoms with Crippen molar-refractivity contribution in [2.24, 2.45) is 0 Å². The van der Waals surface area contributed by atoms with Gasteiger partial charge in [0.25, 0.3) is 0 Å². The van der Waals surface area contributed by atoms with Gasteiger partial charge in [-0.05, 0) is 62.2 Å². The van der Waals surface area contributed by atoms with Gasteiger partial charge in [-0.2, -0.15) is 0 Å². The number of aryl methyl sites for hydroxylation is 1. The number of carbonyl (C=O) groups is 1. The van der Waals surface area contributed by atoms with Crippen molar-refractivity contribution in [2.75, 3.05) is 16.8 Å². The number of rotatable bonds is 6. The Morgan fingerprint density at radius 3 is 2.73 bits per heavy atom. The summed E-state index contributed by atoms with van der Waals surface area (Å²) in [7, 11) is 0. The summed E-state index contributed by atoms with van der Waals surface area (Å²) in [6.07, 6.45) is 3.59. The fraction of sp³-hybridized carbons (Fsp3) is 0.333. The molecule has 1 saturated heterocycles. The minimum absolute atomic E-state index is 0.192. The second-order valence-corrected chi connectivity index (χ2v) is 7.13. The third kappa shape index (κ3) is 5.05. The molecule has 0 aliphatic carbocycles. The van der Waals surface area contributed by atoms with Crippen molar-refractivity contribution < 1.29 is 4.79 Å². The zero-order valence-electron chi connectivity index (χ0n) is 15.1. The molecule has 0 unspecified atom stereocenters. The first kappa shape index (κ1) is 18.4. The van der Waals surface area contributed by atoms with Crippen LogP contribution in [-0.4, -0.2) is 23.6 Å². The van der Waals surface area contributed by atoms with E-state index in [4.69, 9.17) is 12.2 Å². The molecular weight excluding hydrogens is 342 g/mol. The number of benzene rings is 2. The Bertz CT molecular complexity index is 763. The van der Waals surface area contributed by atoms with Crippen LogP contribution < -0.4 is 15.5 Å². The molecule has 1 aliphatic heterocycles. The SMILES string of the molecule is C[C@@H](CCc1ccccc1)NC(=S)Nc1cccc(N2CCCC2=O)c1. The highest BCUT2D eigenvalue weighted by atomic mass is 32.1. The molecule has 2 aromatic rings. The lowest BCUT2D eigenvalue weighted by Crippen LogP contribution is -2.36. The van der Waals surface area contributed by atoms with Crippen LogP contribution in [0.4, 0.5) is 11.4 Å². The van der Waals surface area contributed by atoms with Gasteiger partial charge in [-0.25, -0.2) is 0 Å².